The summed E-state index contributed by atoms with van der Waals surface area (Å²) in [5, 5.41) is 11.3. The smallest absolute Gasteiger partial charge is 0.351 e. The van der Waals surface area contributed by atoms with Gasteiger partial charge in [0.1, 0.15) is 0 Å². The number of rotatable bonds is 6. The molecule has 0 unspecified atom stereocenters. The van der Waals surface area contributed by atoms with Crippen molar-refractivity contribution in [2.24, 2.45) is 0 Å². The number of anilines is 1. The van der Waals surface area contributed by atoms with E-state index in [1.165, 1.54) is 0 Å². The number of hydrogen-bond donors (Lipinski definition) is 2. The van der Waals surface area contributed by atoms with E-state index in [1.54, 1.807) is 12.1 Å². The van der Waals surface area contributed by atoms with Crippen molar-refractivity contribution in [3.8, 4) is 0 Å². The highest BCUT2D eigenvalue weighted by Crippen LogP contribution is 2.20. The van der Waals surface area contributed by atoms with Gasteiger partial charge in [0.15, 0.2) is 24.2 Å². The molecule has 0 spiro atoms. The van der Waals surface area contributed by atoms with E-state index in [-0.39, 0.29) is 13.2 Å². The number of amides is 1. The van der Waals surface area contributed by atoms with Gasteiger partial charge in [-0.15, -0.1) is 0 Å². The minimum atomic E-state index is -0.896. The van der Waals surface area contributed by atoms with E-state index in [1.807, 2.05) is 12.1 Å². The van der Waals surface area contributed by atoms with Gasteiger partial charge in [-0.05, 0) is 24.1 Å². The van der Waals surface area contributed by atoms with Gasteiger partial charge in [-0.1, -0.05) is 25.5 Å². The molecule has 1 aromatic heterocycles. The summed E-state index contributed by atoms with van der Waals surface area (Å²) in [4.78, 5) is 28.0. The lowest BCUT2D eigenvalue weighted by atomic mass is 10.1. The normalized spacial score (nSPS) is 19.2. The number of benzene rings is 1. The van der Waals surface area contributed by atoms with Crippen molar-refractivity contribution in [2.45, 2.75) is 32.3 Å². The predicted molar refractivity (Wildman–Crippen MR) is 93.8 cm³/mol. The van der Waals surface area contributed by atoms with Crippen LogP contribution in [0.15, 0.2) is 35.3 Å². The van der Waals surface area contributed by atoms with Crippen molar-refractivity contribution in [3.63, 3.8) is 0 Å². The molecule has 0 aliphatic carbocycles. The van der Waals surface area contributed by atoms with Crippen LogP contribution in [-0.2, 0) is 15.9 Å². The molecule has 2 atom stereocenters. The van der Waals surface area contributed by atoms with Gasteiger partial charge in [0.25, 0.3) is 5.91 Å². The predicted octanol–water partition coefficient (Wildman–Crippen LogP) is 1.45. The molecule has 1 saturated heterocycles. The molecule has 0 saturated carbocycles. The first-order valence-electron chi connectivity index (χ1n) is 8.58. The second-order valence-corrected chi connectivity index (χ2v) is 6.06. The third-order valence-corrected chi connectivity index (χ3v) is 4.09. The minimum Gasteiger partial charge on any atom is -0.391 e. The highest BCUT2D eigenvalue weighted by atomic mass is 19.1. The summed E-state index contributed by atoms with van der Waals surface area (Å²) in [6, 6.07) is 6.93. The van der Waals surface area contributed by atoms with Crippen molar-refractivity contribution in [1.29, 1.82) is 0 Å². The fourth-order valence-electron chi connectivity index (χ4n) is 2.72. The van der Waals surface area contributed by atoms with Crippen LogP contribution in [0.4, 0.5) is 10.2 Å². The maximum atomic E-state index is 14.3. The Labute approximate surface area is 154 Å². The zero-order chi connectivity index (χ0) is 19.4. The summed E-state index contributed by atoms with van der Waals surface area (Å²) in [5.41, 5.74) is 0.622. The van der Waals surface area contributed by atoms with E-state index in [2.05, 4.69) is 17.2 Å². The topological polar surface area (TPSA) is 103 Å². The fourth-order valence-corrected chi connectivity index (χ4v) is 2.72. The molecule has 1 aliphatic heterocycles. The molecule has 2 heterocycles. The Balaban J connectivity index is 1.74. The lowest BCUT2D eigenvalue weighted by Crippen LogP contribution is -2.30. The number of halogens is 1. The van der Waals surface area contributed by atoms with Gasteiger partial charge in [-0.3, -0.25) is 9.36 Å². The molecule has 0 bridgehead atoms. The minimum absolute atomic E-state index is 0.0257. The van der Waals surface area contributed by atoms with Crippen LogP contribution in [0.1, 0.15) is 35.5 Å². The van der Waals surface area contributed by atoms with Gasteiger partial charge in [-0.25, -0.2) is 9.18 Å². The summed E-state index contributed by atoms with van der Waals surface area (Å²) >= 11 is 0. The molecule has 1 amide bonds. The lowest BCUT2D eigenvalue weighted by molar-refractivity contribution is -0.0993. The molecular weight excluding hydrogens is 357 g/mol. The van der Waals surface area contributed by atoms with Crippen LogP contribution in [0.5, 0.6) is 0 Å². The quantitative estimate of drug-likeness (QED) is 0.790. The van der Waals surface area contributed by atoms with Gasteiger partial charge in [-0.2, -0.15) is 4.98 Å². The second kappa shape index (κ2) is 8.38. The zero-order valence-corrected chi connectivity index (χ0v) is 14.7. The number of ether oxygens (including phenoxy) is 2. The highest BCUT2D eigenvalue weighted by Gasteiger charge is 2.28. The SMILES string of the molecule is CCCc1ccc(C(=O)Nc2nc(=O)n([C@H]3CO[C@@H](CO)O3)cc2F)cc1. The van der Waals surface area contributed by atoms with E-state index < -0.39 is 35.7 Å². The van der Waals surface area contributed by atoms with Crippen molar-refractivity contribution in [3.05, 3.63) is 57.9 Å². The number of carbonyl (C=O) groups excluding carboxylic acids is 1. The second-order valence-electron chi connectivity index (χ2n) is 6.06. The Kier molecular flexibility index (Phi) is 5.94. The maximum Gasteiger partial charge on any atom is 0.351 e. The maximum absolute atomic E-state index is 14.3. The van der Waals surface area contributed by atoms with Crippen LogP contribution in [0.3, 0.4) is 0 Å². The number of aliphatic hydroxyl groups excluding tert-OH is 1. The van der Waals surface area contributed by atoms with Crippen molar-refractivity contribution < 1.29 is 23.8 Å². The Morgan fingerprint density at radius 1 is 1.41 bits per heavy atom. The van der Waals surface area contributed by atoms with E-state index in [4.69, 9.17) is 14.6 Å². The van der Waals surface area contributed by atoms with Gasteiger partial charge >= 0.3 is 5.69 Å². The summed E-state index contributed by atoms with van der Waals surface area (Å²) < 4.78 is 25.6. The van der Waals surface area contributed by atoms with Gasteiger partial charge in [0.2, 0.25) is 0 Å². The molecule has 2 N–H and O–H groups in total. The van der Waals surface area contributed by atoms with Crippen LogP contribution in [0, 0.1) is 5.82 Å². The Morgan fingerprint density at radius 3 is 2.78 bits per heavy atom. The van der Waals surface area contributed by atoms with Crippen LogP contribution in [-0.4, -0.2) is 40.1 Å². The molecule has 27 heavy (non-hydrogen) atoms. The first-order valence-corrected chi connectivity index (χ1v) is 8.58. The van der Waals surface area contributed by atoms with Crippen LogP contribution < -0.4 is 11.0 Å². The lowest BCUT2D eigenvalue weighted by Gasteiger charge is -2.13. The van der Waals surface area contributed by atoms with E-state index in [0.29, 0.717) is 5.56 Å². The number of nitrogens with zero attached hydrogens (tertiary/aromatic N) is 2. The summed E-state index contributed by atoms with van der Waals surface area (Å²) in [5.74, 6) is -1.92. The average Bonchev–Trinajstić information content (AvgIpc) is 3.14. The molecule has 1 aliphatic rings. The molecule has 1 aromatic carbocycles. The average molecular weight is 377 g/mol. The fraction of sp³-hybridized carbons (Fsp3) is 0.389. The molecule has 0 radical (unpaired) electrons. The third kappa shape index (κ3) is 4.38. The number of aryl methyl sites for hydroxylation is 1. The molecule has 2 aromatic rings. The Bertz CT molecular complexity index is 868. The summed E-state index contributed by atoms with van der Waals surface area (Å²) in [6.07, 6.45) is 1.02. The monoisotopic (exact) mass is 377 g/mol. The number of hydrogen-bond acceptors (Lipinski definition) is 6. The number of carbonyl (C=O) groups is 1. The van der Waals surface area contributed by atoms with Crippen LogP contribution in [0.2, 0.25) is 0 Å². The van der Waals surface area contributed by atoms with Crippen LogP contribution >= 0.6 is 0 Å². The zero-order valence-electron chi connectivity index (χ0n) is 14.7. The largest absolute Gasteiger partial charge is 0.391 e. The van der Waals surface area contributed by atoms with E-state index >= 15 is 0 Å². The van der Waals surface area contributed by atoms with Crippen molar-refractivity contribution in [1.82, 2.24) is 9.55 Å². The molecule has 9 heteroatoms. The van der Waals surface area contributed by atoms with E-state index in [0.717, 1.165) is 29.2 Å². The first-order chi connectivity index (χ1) is 13.0. The molecular formula is C18H20FN3O5. The number of aliphatic hydroxyl groups is 1. The molecule has 144 valence electrons. The summed E-state index contributed by atoms with van der Waals surface area (Å²) in [7, 11) is 0. The van der Waals surface area contributed by atoms with Crippen molar-refractivity contribution >= 4 is 11.7 Å². The number of nitrogens with one attached hydrogen (secondary N) is 1. The van der Waals surface area contributed by atoms with Gasteiger partial charge < -0.3 is 19.9 Å². The van der Waals surface area contributed by atoms with Crippen molar-refractivity contribution in [2.75, 3.05) is 18.5 Å². The molecule has 8 nitrogen and oxygen atoms in total. The Hall–Kier alpha value is -2.62. The number of aromatic nitrogens is 2. The molecule has 3 rings (SSSR count). The standard InChI is InChI=1S/C18H20FN3O5/c1-2-3-11-4-6-12(7-5-11)17(24)20-16-13(19)8-22(18(25)21-16)14-10-26-15(9-23)27-14/h4-8,14-15,23H,2-3,9-10H2,1H3,(H,20,21,24,25)/t14-,15-/m1/s1. The highest BCUT2D eigenvalue weighted by molar-refractivity contribution is 6.03. The first kappa shape index (κ1) is 19.2. The van der Waals surface area contributed by atoms with E-state index in [9.17, 15) is 14.0 Å². The Morgan fingerprint density at radius 2 is 2.15 bits per heavy atom. The molecule has 1 fully saturated rings. The van der Waals surface area contributed by atoms with Gasteiger partial charge in [0, 0.05) is 5.56 Å². The summed E-state index contributed by atoms with van der Waals surface area (Å²) in [6.45, 7) is 1.65. The third-order valence-electron chi connectivity index (χ3n) is 4.09. The van der Waals surface area contributed by atoms with Crippen LogP contribution in [0.25, 0.3) is 0 Å². The van der Waals surface area contributed by atoms with Gasteiger partial charge in [0.05, 0.1) is 19.4 Å².